The lowest BCUT2D eigenvalue weighted by atomic mass is 9.94. The molecule has 1 heterocycles. The molecular weight excluding hydrogens is 372 g/mol. The van der Waals surface area contributed by atoms with Gasteiger partial charge in [-0.2, -0.15) is 11.8 Å². The van der Waals surface area contributed by atoms with E-state index in [0.717, 1.165) is 37.4 Å². The van der Waals surface area contributed by atoms with Crippen molar-refractivity contribution in [3.8, 4) is 5.75 Å². The number of benzene rings is 1. The number of piperidine rings is 1. The normalized spacial score (nSPS) is 16.8. The molecule has 0 saturated carbocycles. The van der Waals surface area contributed by atoms with Crippen LogP contribution >= 0.6 is 11.8 Å². The monoisotopic (exact) mass is 408 g/mol. The van der Waals surface area contributed by atoms with Crippen LogP contribution in [0, 0.1) is 13.8 Å². The van der Waals surface area contributed by atoms with E-state index in [-0.39, 0.29) is 5.91 Å². The van der Waals surface area contributed by atoms with Crippen molar-refractivity contribution in [1.82, 2.24) is 10.2 Å². The van der Waals surface area contributed by atoms with Crippen LogP contribution in [0.1, 0.15) is 49.4 Å². The number of nitrogens with zero attached hydrogens (tertiary/aromatic N) is 1. The first-order valence-corrected chi connectivity index (χ1v) is 11.5. The van der Waals surface area contributed by atoms with Gasteiger partial charge in [0.2, 0.25) is 5.91 Å². The Hall–Kier alpha value is -1.24. The highest BCUT2D eigenvalue weighted by molar-refractivity contribution is 7.99. The summed E-state index contributed by atoms with van der Waals surface area (Å²) in [6.45, 7) is 11.9. The first-order valence-electron chi connectivity index (χ1n) is 10.3. The van der Waals surface area contributed by atoms with E-state index >= 15 is 0 Å². The zero-order valence-electron chi connectivity index (χ0n) is 18.0. The fourth-order valence-corrected chi connectivity index (χ4v) is 4.23. The number of hydrogen-bond donors (Lipinski definition) is 1. The molecule has 158 valence electrons. The molecule has 1 amide bonds. The average molecular weight is 409 g/mol. The number of ether oxygens (including phenoxy) is 2. The van der Waals surface area contributed by atoms with E-state index in [1.54, 1.807) is 18.9 Å². The Balaban J connectivity index is 1.91. The van der Waals surface area contributed by atoms with Gasteiger partial charge in [0.1, 0.15) is 12.4 Å². The van der Waals surface area contributed by atoms with Gasteiger partial charge in [0.25, 0.3) is 0 Å². The zero-order valence-corrected chi connectivity index (χ0v) is 18.9. The summed E-state index contributed by atoms with van der Waals surface area (Å²) < 4.78 is 10.9. The Morgan fingerprint density at radius 1 is 1.25 bits per heavy atom. The van der Waals surface area contributed by atoms with Crippen LogP contribution in [0.3, 0.4) is 0 Å². The number of amides is 1. The summed E-state index contributed by atoms with van der Waals surface area (Å²) in [5.41, 5.74) is 3.86. The lowest BCUT2D eigenvalue weighted by molar-refractivity contribution is -0.119. The number of hydrogen-bond acceptors (Lipinski definition) is 5. The van der Waals surface area contributed by atoms with Crippen LogP contribution in [-0.2, 0) is 9.53 Å². The predicted molar refractivity (Wildman–Crippen MR) is 117 cm³/mol. The minimum absolute atomic E-state index is 0.175. The fourth-order valence-electron chi connectivity index (χ4n) is 3.75. The third-order valence-corrected chi connectivity index (χ3v) is 6.53. The van der Waals surface area contributed by atoms with Crippen molar-refractivity contribution in [3.05, 3.63) is 28.8 Å². The number of likely N-dealkylation sites (tertiary alicyclic amines) is 1. The van der Waals surface area contributed by atoms with Crippen LogP contribution in [0.5, 0.6) is 5.75 Å². The summed E-state index contributed by atoms with van der Waals surface area (Å²) >= 11 is 1.68. The first-order chi connectivity index (χ1) is 13.5. The molecule has 1 saturated heterocycles. The van der Waals surface area contributed by atoms with Crippen molar-refractivity contribution in [2.75, 3.05) is 44.9 Å². The maximum absolute atomic E-state index is 12.0. The van der Waals surface area contributed by atoms with Gasteiger partial charge in [-0.1, -0.05) is 13.0 Å². The molecule has 1 N–H and O–H groups in total. The van der Waals surface area contributed by atoms with Crippen LogP contribution in [0.25, 0.3) is 0 Å². The molecule has 1 fully saturated rings. The number of carbonyl (C=O) groups excluding carboxylic acids is 1. The second-order valence-electron chi connectivity index (χ2n) is 7.44. The number of nitrogens with one attached hydrogen (secondary N) is 1. The van der Waals surface area contributed by atoms with Gasteiger partial charge in [-0.05, 0) is 62.1 Å². The molecule has 1 aliphatic heterocycles. The summed E-state index contributed by atoms with van der Waals surface area (Å²) in [4.78, 5) is 14.5. The van der Waals surface area contributed by atoms with Crippen LogP contribution in [0.4, 0.5) is 0 Å². The van der Waals surface area contributed by atoms with Gasteiger partial charge in [0.05, 0.1) is 12.4 Å². The van der Waals surface area contributed by atoms with Crippen molar-refractivity contribution in [3.63, 3.8) is 0 Å². The quantitative estimate of drug-likeness (QED) is 0.598. The van der Waals surface area contributed by atoms with E-state index in [2.05, 4.69) is 50.0 Å². The Labute approximate surface area is 174 Å². The topological polar surface area (TPSA) is 50.8 Å². The van der Waals surface area contributed by atoms with E-state index in [4.69, 9.17) is 9.47 Å². The second kappa shape index (κ2) is 11.7. The van der Waals surface area contributed by atoms with Crippen molar-refractivity contribution < 1.29 is 14.3 Å². The van der Waals surface area contributed by atoms with E-state index in [0.29, 0.717) is 31.1 Å². The number of thioether (sulfide) groups is 1. The molecule has 1 atom stereocenters. The number of methoxy groups -OCH3 is 1. The Kier molecular flexibility index (Phi) is 9.62. The lowest BCUT2D eigenvalue weighted by Gasteiger charge is -2.37. The van der Waals surface area contributed by atoms with Crippen LogP contribution in [0.2, 0.25) is 0 Å². The molecule has 0 radical (unpaired) electrons. The van der Waals surface area contributed by atoms with Crippen molar-refractivity contribution in [1.29, 1.82) is 0 Å². The highest BCUT2D eigenvalue weighted by Gasteiger charge is 2.25. The van der Waals surface area contributed by atoms with Crippen LogP contribution in [0.15, 0.2) is 12.1 Å². The molecule has 1 unspecified atom stereocenters. The van der Waals surface area contributed by atoms with E-state index < -0.39 is 0 Å². The van der Waals surface area contributed by atoms with E-state index in [9.17, 15) is 4.79 Å². The summed E-state index contributed by atoms with van der Waals surface area (Å²) in [6.07, 6.45) is 2.03. The summed E-state index contributed by atoms with van der Waals surface area (Å²) in [7, 11) is 1.69. The third kappa shape index (κ3) is 6.39. The lowest BCUT2D eigenvalue weighted by Crippen LogP contribution is -2.45. The van der Waals surface area contributed by atoms with Crippen molar-refractivity contribution in [2.45, 2.75) is 52.6 Å². The number of carbonyl (C=O) groups is 1. The van der Waals surface area contributed by atoms with Gasteiger partial charge in [0.15, 0.2) is 0 Å². The highest BCUT2D eigenvalue weighted by Crippen LogP contribution is 2.32. The predicted octanol–water partition coefficient (Wildman–Crippen LogP) is 3.72. The molecule has 1 aliphatic rings. The second-order valence-corrected chi connectivity index (χ2v) is 8.71. The molecule has 1 aromatic rings. The van der Waals surface area contributed by atoms with Gasteiger partial charge < -0.3 is 14.8 Å². The molecule has 0 bridgehead atoms. The maximum Gasteiger partial charge on any atom is 0.230 e. The summed E-state index contributed by atoms with van der Waals surface area (Å²) in [6, 6.07) is 4.96. The van der Waals surface area contributed by atoms with Gasteiger partial charge in [-0.3, -0.25) is 9.69 Å². The van der Waals surface area contributed by atoms with Crippen LogP contribution < -0.4 is 10.1 Å². The third-order valence-electron chi connectivity index (χ3n) is 5.65. The molecule has 1 aromatic carbocycles. The van der Waals surface area contributed by atoms with Gasteiger partial charge >= 0.3 is 0 Å². The zero-order chi connectivity index (χ0) is 20.5. The van der Waals surface area contributed by atoms with Crippen LogP contribution in [-0.4, -0.2) is 61.8 Å². The van der Waals surface area contributed by atoms with Crippen molar-refractivity contribution in [2.24, 2.45) is 0 Å². The molecule has 0 aromatic heterocycles. The Bertz CT molecular complexity index is 630. The fraction of sp³-hybridized carbons (Fsp3) is 0.682. The molecule has 0 aliphatic carbocycles. The van der Waals surface area contributed by atoms with Gasteiger partial charge in [0, 0.05) is 32.3 Å². The maximum atomic E-state index is 12.0. The van der Waals surface area contributed by atoms with E-state index in [1.165, 1.54) is 16.7 Å². The number of rotatable bonds is 10. The minimum atomic E-state index is 0.175. The molecule has 28 heavy (non-hydrogen) atoms. The molecule has 6 heteroatoms. The molecule has 5 nitrogen and oxygen atoms in total. The largest absolute Gasteiger partial charge is 0.491 e. The highest BCUT2D eigenvalue weighted by atomic mass is 32.2. The Morgan fingerprint density at radius 3 is 2.61 bits per heavy atom. The summed E-state index contributed by atoms with van der Waals surface area (Å²) in [5.74, 6) is 2.67. The van der Waals surface area contributed by atoms with Gasteiger partial charge in [-0.25, -0.2) is 0 Å². The summed E-state index contributed by atoms with van der Waals surface area (Å²) in [5, 5.41) is 3.19. The van der Waals surface area contributed by atoms with Gasteiger partial charge in [-0.15, -0.1) is 0 Å². The molecule has 2 rings (SSSR count). The Morgan fingerprint density at radius 2 is 1.96 bits per heavy atom. The molecular formula is C22H36N2O3S. The minimum Gasteiger partial charge on any atom is -0.491 e. The first kappa shape index (κ1) is 23.0. The van der Waals surface area contributed by atoms with Crippen molar-refractivity contribution >= 4 is 17.7 Å². The SMILES string of the molecule is CCSCC(=O)NC1CCN(C(C)c2ccc(OCCOC)c(C)c2C)CC1. The smallest absolute Gasteiger partial charge is 0.230 e. The van der Waals surface area contributed by atoms with E-state index in [1.807, 2.05) is 0 Å². The average Bonchev–Trinajstić information content (AvgIpc) is 2.70. The standard InChI is InChI=1S/C22H36N2O3S/c1-6-28-15-22(25)23-19-9-11-24(12-10-19)18(4)20-7-8-21(17(3)16(20)2)27-14-13-26-5/h7-8,18-19H,6,9-15H2,1-5H3,(H,23,25). The molecule has 0 spiro atoms.